The average molecular weight is 325 g/mol. The van der Waals surface area contributed by atoms with Crippen LogP contribution < -0.4 is 0 Å². The van der Waals surface area contributed by atoms with E-state index >= 15 is 0 Å². The Morgan fingerprint density at radius 2 is 1.78 bits per heavy atom. The smallest absolute Gasteiger partial charge is 0.0437 e. The zero-order valence-corrected chi connectivity index (χ0v) is 13.6. The van der Waals surface area contributed by atoms with Crippen LogP contribution in [-0.4, -0.2) is 0 Å². The van der Waals surface area contributed by atoms with Gasteiger partial charge in [-0.2, -0.15) is 0 Å². The van der Waals surface area contributed by atoms with Gasteiger partial charge < -0.3 is 0 Å². The van der Waals surface area contributed by atoms with Gasteiger partial charge in [0.2, 0.25) is 0 Å². The molecule has 98 valence electrons. The van der Waals surface area contributed by atoms with Crippen LogP contribution in [0.3, 0.4) is 0 Å². The number of halogens is 1. The fraction of sp³-hybridized carbons (Fsp3) is 0.500. The molecule has 0 saturated heterocycles. The third-order valence-corrected chi connectivity index (χ3v) is 5.76. The highest BCUT2D eigenvalue weighted by atomic mass is 79.9. The predicted molar refractivity (Wildman–Crippen MR) is 86.8 cm³/mol. The average Bonchev–Trinajstić information content (AvgIpc) is 2.81. The van der Waals surface area contributed by atoms with E-state index in [1.807, 2.05) is 11.3 Å². The van der Waals surface area contributed by atoms with E-state index in [9.17, 15) is 0 Å². The number of rotatable bonds is 6. The van der Waals surface area contributed by atoms with Crippen molar-refractivity contribution in [3.05, 3.63) is 35.2 Å². The van der Waals surface area contributed by atoms with Gasteiger partial charge in [-0.25, -0.2) is 0 Å². The Kier molecular flexibility index (Phi) is 5.25. The van der Waals surface area contributed by atoms with Gasteiger partial charge in [0, 0.05) is 9.53 Å². The molecule has 2 aromatic rings. The van der Waals surface area contributed by atoms with Crippen LogP contribution in [0.5, 0.6) is 0 Å². The number of hydrogen-bond donors (Lipinski definition) is 0. The minimum Gasteiger partial charge on any atom is -0.143 e. The SMILES string of the molecule is CCCC(CCC)C(Br)c1csc2ccccc12. The lowest BCUT2D eigenvalue weighted by molar-refractivity contribution is 0.436. The highest BCUT2D eigenvalue weighted by Crippen LogP contribution is 2.42. The molecule has 1 atom stereocenters. The highest BCUT2D eigenvalue weighted by molar-refractivity contribution is 9.09. The molecule has 2 heteroatoms. The summed E-state index contributed by atoms with van der Waals surface area (Å²) in [5, 5.41) is 3.77. The van der Waals surface area contributed by atoms with Crippen molar-refractivity contribution < 1.29 is 0 Å². The number of alkyl halides is 1. The summed E-state index contributed by atoms with van der Waals surface area (Å²) in [7, 11) is 0. The molecule has 1 heterocycles. The van der Waals surface area contributed by atoms with Crippen LogP contribution in [0.2, 0.25) is 0 Å². The first kappa shape index (κ1) is 14.1. The third kappa shape index (κ3) is 2.97. The molecule has 1 aromatic carbocycles. The van der Waals surface area contributed by atoms with Crippen molar-refractivity contribution in [3.8, 4) is 0 Å². The van der Waals surface area contributed by atoms with Crippen LogP contribution in [0.4, 0.5) is 0 Å². The van der Waals surface area contributed by atoms with E-state index < -0.39 is 0 Å². The molecular weight excluding hydrogens is 304 g/mol. The van der Waals surface area contributed by atoms with Crippen LogP contribution in [0.25, 0.3) is 10.1 Å². The first-order valence-corrected chi connectivity index (χ1v) is 8.67. The van der Waals surface area contributed by atoms with Gasteiger partial charge >= 0.3 is 0 Å². The van der Waals surface area contributed by atoms with Gasteiger partial charge in [-0.05, 0) is 41.2 Å². The second-order valence-electron chi connectivity index (χ2n) is 4.93. The van der Waals surface area contributed by atoms with Crippen LogP contribution in [0.15, 0.2) is 29.6 Å². The number of hydrogen-bond acceptors (Lipinski definition) is 1. The molecule has 0 aliphatic heterocycles. The fourth-order valence-electron chi connectivity index (χ4n) is 2.64. The van der Waals surface area contributed by atoms with Crippen molar-refractivity contribution in [1.82, 2.24) is 0 Å². The lowest BCUT2D eigenvalue weighted by Gasteiger charge is -2.21. The molecule has 0 saturated carbocycles. The molecule has 0 nitrogen and oxygen atoms in total. The largest absolute Gasteiger partial charge is 0.143 e. The van der Waals surface area contributed by atoms with Gasteiger partial charge in [-0.3, -0.25) is 0 Å². The summed E-state index contributed by atoms with van der Waals surface area (Å²) in [6.07, 6.45) is 5.17. The van der Waals surface area contributed by atoms with Crippen molar-refractivity contribution >= 4 is 37.4 Å². The molecule has 0 bridgehead atoms. The Bertz CT molecular complexity index is 483. The maximum Gasteiger partial charge on any atom is 0.0437 e. The van der Waals surface area contributed by atoms with Crippen LogP contribution in [-0.2, 0) is 0 Å². The minimum atomic E-state index is 0.508. The van der Waals surface area contributed by atoms with Crippen molar-refractivity contribution in [2.24, 2.45) is 5.92 Å². The Hall–Kier alpha value is -0.340. The summed E-state index contributed by atoms with van der Waals surface area (Å²) >= 11 is 5.83. The zero-order valence-electron chi connectivity index (χ0n) is 11.2. The number of benzene rings is 1. The summed E-state index contributed by atoms with van der Waals surface area (Å²) in [4.78, 5) is 0.508. The second kappa shape index (κ2) is 6.72. The van der Waals surface area contributed by atoms with Gasteiger partial charge in [0.1, 0.15) is 0 Å². The molecule has 0 radical (unpaired) electrons. The minimum absolute atomic E-state index is 0.508. The monoisotopic (exact) mass is 324 g/mol. The Morgan fingerprint density at radius 1 is 1.11 bits per heavy atom. The van der Waals surface area contributed by atoms with Gasteiger partial charge in [-0.15, -0.1) is 11.3 Å². The van der Waals surface area contributed by atoms with Crippen molar-refractivity contribution in [3.63, 3.8) is 0 Å². The first-order valence-electron chi connectivity index (χ1n) is 6.88. The zero-order chi connectivity index (χ0) is 13.0. The summed E-state index contributed by atoms with van der Waals surface area (Å²) in [6, 6.07) is 8.75. The van der Waals surface area contributed by atoms with Crippen LogP contribution in [0.1, 0.15) is 49.9 Å². The standard InChI is InChI=1S/C16H21BrS/c1-3-7-12(8-4-2)16(17)14-11-18-15-10-6-5-9-13(14)15/h5-6,9-12,16H,3-4,7-8H2,1-2H3. The molecule has 0 amide bonds. The number of thiophene rings is 1. The lowest BCUT2D eigenvalue weighted by atomic mass is 9.91. The summed E-state index contributed by atoms with van der Waals surface area (Å²) in [6.45, 7) is 4.57. The lowest BCUT2D eigenvalue weighted by Crippen LogP contribution is -2.07. The second-order valence-corrected chi connectivity index (χ2v) is 6.82. The summed E-state index contributed by atoms with van der Waals surface area (Å²) < 4.78 is 1.41. The van der Waals surface area contributed by atoms with Gasteiger partial charge in [0.25, 0.3) is 0 Å². The van der Waals surface area contributed by atoms with Crippen LogP contribution in [0, 0.1) is 5.92 Å². The van der Waals surface area contributed by atoms with E-state index in [0.717, 1.165) is 5.92 Å². The van der Waals surface area contributed by atoms with E-state index in [2.05, 4.69) is 59.4 Å². The van der Waals surface area contributed by atoms with E-state index in [1.54, 1.807) is 0 Å². The Morgan fingerprint density at radius 3 is 2.44 bits per heavy atom. The van der Waals surface area contributed by atoms with Gasteiger partial charge in [0.05, 0.1) is 0 Å². The summed E-state index contributed by atoms with van der Waals surface area (Å²) in [5.41, 5.74) is 1.49. The van der Waals surface area contributed by atoms with Crippen molar-refractivity contribution in [2.45, 2.75) is 44.4 Å². The quantitative estimate of drug-likeness (QED) is 0.528. The molecule has 1 unspecified atom stereocenters. The Balaban J connectivity index is 2.28. The molecule has 0 fully saturated rings. The number of fused-ring (bicyclic) bond motifs is 1. The topological polar surface area (TPSA) is 0 Å². The highest BCUT2D eigenvalue weighted by Gasteiger charge is 2.21. The van der Waals surface area contributed by atoms with Gasteiger partial charge in [-0.1, -0.05) is 60.8 Å². The van der Waals surface area contributed by atoms with Crippen molar-refractivity contribution in [2.75, 3.05) is 0 Å². The fourth-order valence-corrected chi connectivity index (χ4v) is 4.72. The molecule has 0 spiro atoms. The van der Waals surface area contributed by atoms with Crippen molar-refractivity contribution in [1.29, 1.82) is 0 Å². The van der Waals surface area contributed by atoms with Gasteiger partial charge in [0.15, 0.2) is 0 Å². The predicted octanol–water partition coefficient (Wildman–Crippen LogP) is 6.55. The molecule has 1 aromatic heterocycles. The molecule has 0 aliphatic carbocycles. The first-order chi connectivity index (χ1) is 8.77. The van der Waals surface area contributed by atoms with E-state index in [4.69, 9.17) is 0 Å². The molecular formula is C16H21BrS. The normalized spacial score (nSPS) is 13.3. The van der Waals surface area contributed by atoms with E-state index in [0.29, 0.717) is 4.83 Å². The molecule has 0 N–H and O–H groups in total. The molecule has 0 aliphatic rings. The maximum absolute atomic E-state index is 3.96. The molecule has 18 heavy (non-hydrogen) atoms. The Labute approximate surface area is 123 Å². The third-order valence-electron chi connectivity index (χ3n) is 3.54. The molecule has 2 rings (SSSR count). The van der Waals surface area contributed by atoms with E-state index in [1.165, 1.54) is 41.3 Å². The summed E-state index contributed by atoms with van der Waals surface area (Å²) in [5.74, 6) is 0.762. The maximum atomic E-state index is 3.96. The van der Waals surface area contributed by atoms with E-state index in [-0.39, 0.29) is 0 Å². The van der Waals surface area contributed by atoms with Crippen LogP contribution >= 0.6 is 27.3 Å².